The van der Waals surface area contributed by atoms with E-state index in [2.05, 4.69) is 25.9 Å². The Balaban J connectivity index is 2.27. The lowest BCUT2D eigenvalue weighted by Gasteiger charge is -2.07. The van der Waals surface area contributed by atoms with Crippen LogP contribution in [-0.2, 0) is 5.88 Å². The smallest absolute Gasteiger partial charge is 0.238 e. The van der Waals surface area contributed by atoms with Gasteiger partial charge < -0.3 is 4.74 Å². The Morgan fingerprint density at radius 2 is 2.18 bits per heavy atom. The summed E-state index contributed by atoms with van der Waals surface area (Å²) in [7, 11) is 0. The van der Waals surface area contributed by atoms with Gasteiger partial charge in [-0.3, -0.25) is 4.98 Å². The molecule has 0 saturated heterocycles. The molecule has 0 unspecified atom stereocenters. The Morgan fingerprint density at radius 3 is 2.94 bits per heavy atom. The summed E-state index contributed by atoms with van der Waals surface area (Å²) in [4.78, 5) is 8.02. The summed E-state index contributed by atoms with van der Waals surface area (Å²) in [5, 5.41) is 0. The van der Waals surface area contributed by atoms with Gasteiger partial charge in [-0.2, -0.15) is 0 Å². The van der Waals surface area contributed by atoms with Crippen LogP contribution in [0.25, 0.3) is 0 Å². The summed E-state index contributed by atoms with van der Waals surface area (Å²) in [5.41, 5.74) is 0.594. The number of hydrogen-bond donors (Lipinski definition) is 0. The molecule has 0 fully saturated rings. The third kappa shape index (κ3) is 3.14. The highest BCUT2D eigenvalue weighted by atomic mass is 79.9. The Labute approximate surface area is 111 Å². The van der Waals surface area contributed by atoms with Gasteiger partial charge in [-0.05, 0) is 28.1 Å². The highest BCUT2D eigenvalue weighted by molar-refractivity contribution is 9.10. The zero-order valence-electron chi connectivity index (χ0n) is 8.53. The zero-order chi connectivity index (χ0) is 12.3. The molecule has 2 rings (SSSR count). The lowest BCUT2D eigenvalue weighted by Crippen LogP contribution is -1.94. The van der Waals surface area contributed by atoms with Gasteiger partial charge in [0.15, 0.2) is 0 Å². The molecule has 0 amide bonds. The minimum atomic E-state index is -0.385. The van der Waals surface area contributed by atoms with Crippen LogP contribution in [0, 0.1) is 5.82 Å². The summed E-state index contributed by atoms with van der Waals surface area (Å²) in [5.74, 6) is 0.472. The molecule has 1 aromatic carbocycles. The molecule has 6 heteroatoms. The third-order valence-corrected chi connectivity index (χ3v) is 2.84. The Morgan fingerprint density at radius 1 is 1.35 bits per heavy atom. The predicted octanol–water partition coefficient (Wildman–Crippen LogP) is 3.91. The van der Waals surface area contributed by atoms with Crippen LogP contribution in [0.3, 0.4) is 0 Å². The Bertz CT molecular complexity index is 539. The second kappa shape index (κ2) is 5.42. The van der Waals surface area contributed by atoms with Gasteiger partial charge in [0, 0.05) is 12.3 Å². The molecular weight excluding hydrogens is 310 g/mol. The number of ether oxygens (including phenoxy) is 1. The zero-order valence-corrected chi connectivity index (χ0v) is 10.9. The van der Waals surface area contributed by atoms with Gasteiger partial charge in [0.2, 0.25) is 5.88 Å². The maximum absolute atomic E-state index is 13.0. The number of halogens is 3. The van der Waals surface area contributed by atoms with Gasteiger partial charge in [0.25, 0.3) is 0 Å². The monoisotopic (exact) mass is 316 g/mol. The summed E-state index contributed by atoms with van der Waals surface area (Å²) in [6, 6.07) is 4.15. The van der Waals surface area contributed by atoms with Crippen molar-refractivity contribution in [2.75, 3.05) is 0 Å². The summed E-state index contributed by atoms with van der Waals surface area (Å²) >= 11 is 8.89. The average Bonchev–Trinajstić information content (AvgIpc) is 2.34. The van der Waals surface area contributed by atoms with Crippen LogP contribution in [0.5, 0.6) is 11.6 Å². The van der Waals surface area contributed by atoms with E-state index in [9.17, 15) is 4.39 Å². The van der Waals surface area contributed by atoms with E-state index in [0.717, 1.165) is 0 Å². The largest absolute Gasteiger partial charge is 0.436 e. The van der Waals surface area contributed by atoms with Crippen molar-refractivity contribution in [2.45, 2.75) is 5.88 Å². The molecule has 1 heterocycles. The van der Waals surface area contributed by atoms with Crippen molar-refractivity contribution in [1.82, 2.24) is 9.97 Å². The lowest BCUT2D eigenvalue weighted by molar-refractivity contribution is 0.451. The van der Waals surface area contributed by atoms with Crippen LogP contribution < -0.4 is 4.74 Å². The molecule has 88 valence electrons. The molecule has 0 spiro atoms. The van der Waals surface area contributed by atoms with Gasteiger partial charge >= 0.3 is 0 Å². The quantitative estimate of drug-likeness (QED) is 0.805. The van der Waals surface area contributed by atoms with E-state index in [1.54, 1.807) is 12.3 Å². The minimum absolute atomic E-state index is 0.245. The van der Waals surface area contributed by atoms with Crippen molar-refractivity contribution in [3.05, 3.63) is 46.6 Å². The average molecular weight is 318 g/mol. The van der Waals surface area contributed by atoms with Crippen molar-refractivity contribution >= 4 is 27.5 Å². The topological polar surface area (TPSA) is 35.0 Å². The number of nitrogens with zero attached hydrogens (tertiary/aromatic N) is 2. The second-order valence-electron chi connectivity index (χ2n) is 3.16. The summed E-state index contributed by atoms with van der Waals surface area (Å²) < 4.78 is 19.1. The molecule has 0 aliphatic heterocycles. The van der Waals surface area contributed by atoms with Gasteiger partial charge in [0.1, 0.15) is 11.6 Å². The summed E-state index contributed by atoms with van der Waals surface area (Å²) in [6.45, 7) is 0. The standard InChI is InChI=1S/C11H7BrClFN2O/c12-9-2-1-7(14)3-10(9)17-11-6-15-5-8(4-13)16-11/h1-3,5-6H,4H2. The molecule has 0 aliphatic carbocycles. The Kier molecular flexibility index (Phi) is 3.91. The van der Waals surface area contributed by atoms with E-state index >= 15 is 0 Å². The number of aromatic nitrogens is 2. The van der Waals surface area contributed by atoms with Crippen LogP contribution in [0.15, 0.2) is 35.1 Å². The van der Waals surface area contributed by atoms with Crippen molar-refractivity contribution in [3.63, 3.8) is 0 Å². The number of alkyl halides is 1. The van der Waals surface area contributed by atoms with E-state index < -0.39 is 0 Å². The molecule has 1 aromatic heterocycles. The normalized spacial score (nSPS) is 10.3. The van der Waals surface area contributed by atoms with E-state index in [4.69, 9.17) is 16.3 Å². The third-order valence-electron chi connectivity index (χ3n) is 1.91. The highest BCUT2D eigenvalue weighted by Gasteiger charge is 2.06. The van der Waals surface area contributed by atoms with Crippen molar-refractivity contribution in [1.29, 1.82) is 0 Å². The number of benzene rings is 1. The first-order valence-corrected chi connectivity index (χ1v) is 6.01. The maximum atomic E-state index is 13.0. The molecule has 0 aliphatic rings. The van der Waals surface area contributed by atoms with Crippen LogP contribution >= 0.6 is 27.5 Å². The fourth-order valence-corrected chi connectivity index (χ4v) is 1.62. The molecule has 0 radical (unpaired) electrons. The first-order valence-electron chi connectivity index (χ1n) is 4.69. The van der Waals surface area contributed by atoms with Crippen LogP contribution in [0.2, 0.25) is 0 Å². The molecule has 3 nitrogen and oxygen atoms in total. The molecular formula is C11H7BrClFN2O. The summed E-state index contributed by atoms with van der Waals surface area (Å²) in [6.07, 6.45) is 2.98. The molecule has 0 N–H and O–H groups in total. The molecule has 0 atom stereocenters. The second-order valence-corrected chi connectivity index (χ2v) is 4.28. The van der Waals surface area contributed by atoms with Crippen molar-refractivity contribution in [3.8, 4) is 11.6 Å². The first-order chi connectivity index (χ1) is 8.19. The maximum Gasteiger partial charge on any atom is 0.238 e. The van der Waals surface area contributed by atoms with E-state index in [-0.39, 0.29) is 17.6 Å². The van der Waals surface area contributed by atoms with Gasteiger partial charge in [-0.1, -0.05) is 0 Å². The fourth-order valence-electron chi connectivity index (χ4n) is 1.17. The number of hydrogen-bond acceptors (Lipinski definition) is 3. The van der Waals surface area contributed by atoms with E-state index in [0.29, 0.717) is 15.9 Å². The van der Waals surface area contributed by atoms with E-state index in [1.807, 2.05) is 0 Å². The van der Waals surface area contributed by atoms with Crippen LogP contribution in [0.4, 0.5) is 4.39 Å². The van der Waals surface area contributed by atoms with Gasteiger partial charge in [0.05, 0.1) is 22.2 Å². The van der Waals surface area contributed by atoms with Gasteiger partial charge in [-0.15, -0.1) is 11.6 Å². The predicted molar refractivity (Wildman–Crippen MR) is 65.8 cm³/mol. The minimum Gasteiger partial charge on any atom is -0.436 e. The molecule has 0 bridgehead atoms. The van der Waals surface area contributed by atoms with Crippen molar-refractivity contribution < 1.29 is 9.13 Å². The number of rotatable bonds is 3. The van der Waals surface area contributed by atoms with Crippen LogP contribution in [0.1, 0.15) is 5.69 Å². The van der Waals surface area contributed by atoms with Crippen molar-refractivity contribution in [2.24, 2.45) is 0 Å². The molecule has 0 saturated carbocycles. The fraction of sp³-hybridized carbons (Fsp3) is 0.0909. The first kappa shape index (κ1) is 12.3. The van der Waals surface area contributed by atoms with Gasteiger partial charge in [-0.25, -0.2) is 9.37 Å². The Hall–Kier alpha value is -1.20. The SMILES string of the molecule is Fc1ccc(Br)c(Oc2cncc(CCl)n2)c1. The molecule has 17 heavy (non-hydrogen) atoms. The highest BCUT2D eigenvalue weighted by Crippen LogP contribution is 2.29. The molecule has 2 aromatic rings. The van der Waals surface area contributed by atoms with E-state index in [1.165, 1.54) is 18.3 Å². The lowest BCUT2D eigenvalue weighted by atomic mass is 10.3. The van der Waals surface area contributed by atoms with Crippen LogP contribution in [-0.4, -0.2) is 9.97 Å².